The molecule has 0 bridgehead atoms. The first-order chi connectivity index (χ1) is 14.4. The molecule has 3 aromatic rings. The molecule has 1 N–H and O–H groups in total. The molecule has 1 atom stereocenters. The molecular formula is C23H20ClN3O3. The van der Waals surface area contributed by atoms with Gasteiger partial charge in [-0.15, -0.1) is 0 Å². The van der Waals surface area contributed by atoms with Crippen LogP contribution in [0.1, 0.15) is 31.9 Å². The summed E-state index contributed by atoms with van der Waals surface area (Å²) in [5, 5.41) is 3.66. The van der Waals surface area contributed by atoms with Crippen molar-refractivity contribution >= 4 is 52.1 Å². The molecule has 7 heteroatoms. The number of barbiturate groups is 1. The van der Waals surface area contributed by atoms with Crippen LogP contribution in [-0.2, 0) is 9.59 Å². The summed E-state index contributed by atoms with van der Waals surface area (Å²) in [6, 6.07) is 13.6. The lowest BCUT2D eigenvalue weighted by molar-refractivity contribution is -0.122. The van der Waals surface area contributed by atoms with E-state index in [2.05, 4.69) is 23.7 Å². The van der Waals surface area contributed by atoms with Crippen molar-refractivity contribution < 1.29 is 14.4 Å². The van der Waals surface area contributed by atoms with E-state index in [0.29, 0.717) is 10.7 Å². The molecule has 2 heterocycles. The van der Waals surface area contributed by atoms with E-state index in [1.807, 2.05) is 30.5 Å². The summed E-state index contributed by atoms with van der Waals surface area (Å²) >= 11 is 5.91. The van der Waals surface area contributed by atoms with E-state index in [-0.39, 0.29) is 11.6 Å². The van der Waals surface area contributed by atoms with Crippen molar-refractivity contribution in [3.63, 3.8) is 0 Å². The van der Waals surface area contributed by atoms with Crippen LogP contribution in [0.2, 0.25) is 5.02 Å². The van der Waals surface area contributed by atoms with Gasteiger partial charge in [-0.25, -0.2) is 9.69 Å². The predicted octanol–water partition coefficient (Wildman–Crippen LogP) is 4.93. The Kier molecular flexibility index (Phi) is 5.18. The zero-order valence-electron chi connectivity index (χ0n) is 16.6. The Hall–Kier alpha value is -3.38. The molecule has 152 valence electrons. The first-order valence-corrected chi connectivity index (χ1v) is 10.0. The molecule has 4 amide bonds. The smallest absolute Gasteiger partial charge is 0.335 e. The van der Waals surface area contributed by atoms with Crippen LogP contribution in [0.3, 0.4) is 0 Å². The van der Waals surface area contributed by atoms with Crippen molar-refractivity contribution in [3.8, 4) is 0 Å². The molecule has 1 aliphatic heterocycles. The van der Waals surface area contributed by atoms with Gasteiger partial charge in [0.15, 0.2) is 0 Å². The highest BCUT2D eigenvalue weighted by atomic mass is 35.5. The van der Waals surface area contributed by atoms with Crippen molar-refractivity contribution in [1.82, 2.24) is 9.88 Å². The summed E-state index contributed by atoms with van der Waals surface area (Å²) in [6.45, 7) is 4.22. The molecule has 4 rings (SSSR count). The van der Waals surface area contributed by atoms with Crippen molar-refractivity contribution in [2.45, 2.75) is 26.3 Å². The highest BCUT2D eigenvalue weighted by Crippen LogP contribution is 2.29. The van der Waals surface area contributed by atoms with Gasteiger partial charge in [0, 0.05) is 33.7 Å². The van der Waals surface area contributed by atoms with Crippen LogP contribution >= 0.6 is 11.6 Å². The lowest BCUT2D eigenvalue weighted by Crippen LogP contribution is -2.54. The monoisotopic (exact) mass is 421 g/mol. The first kappa shape index (κ1) is 19.9. The molecule has 2 aromatic carbocycles. The van der Waals surface area contributed by atoms with Crippen LogP contribution in [0.15, 0.2) is 60.3 Å². The summed E-state index contributed by atoms with van der Waals surface area (Å²) in [5.41, 5.74) is 2.00. The predicted molar refractivity (Wildman–Crippen MR) is 117 cm³/mol. The number of aromatic nitrogens is 1. The maximum Gasteiger partial charge on any atom is 0.335 e. The normalized spacial score (nSPS) is 17.0. The number of anilines is 1. The van der Waals surface area contributed by atoms with Crippen LogP contribution in [0.25, 0.3) is 17.0 Å². The SMILES string of the molecule is CC[C@@H](C)n1cc(/C=C2\C(=O)NC(=O)N(c3ccc(Cl)cc3)C2=O)c2ccccc21. The molecule has 0 radical (unpaired) electrons. The van der Waals surface area contributed by atoms with Crippen LogP contribution < -0.4 is 10.2 Å². The molecule has 1 fully saturated rings. The maximum atomic E-state index is 13.1. The van der Waals surface area contributed by atoms with Gasteiger partial charge in [0.1, 0.15) is 5.57 Å². The minimum atomic E-state index is -0.786. The van der Waals surface area contributed by atoms with Gasteiger partial charge < -0.3 is 4.57 Å². The molecular weight excluding hydrogens is 402 g/mol. The van der Waals surface area contributed by atoms with Gasteiger partial charge in [0.05, 0.1) is 5.69 Å². The molecule has 6 nitrogen and oxygen atoms in total. The van der Waals surface area contributed by atoms with Gasteiger partial charge in [-0.2, -0.15) is 0 Å². The summed E-state index contributed by atoms with van der Waals surface area (Å²) in [6.07, 6.45) is 4.43. The Balaban J connectivity index is 1.81. The minimum Gasteiger partial charge on any atom is -0.344 e. The number of halogens is 1. The van der Waals surface area contributed by atoms with Crippen molar-refractivity contribution in [3.05, 3.63) is 70.9 Å². The van der Waals surface area contributed by atoms with Crippen LogP contribution in [0.5, 0.6) is 0 Å². The molecule has 1 aliphatic rings. The zero-order valence-corrected chi connectivity index (χ0v) is 17.3. The summed E-state index contributed by atoms with van der Waals surface area (Å²) in [4.78, 5) is 38.9. The van der Waals surface area contributed by atoms with Gasteiger partial charge in [-0.3, -0.25) is 14.9 Å². The lowest BCUT2D eigenvalue weighted by atomic mass is 10.1. The third-order valence-electron chi connectivity index (χ3n) is 5.32. The quantitative estimate of drug-likeness (QED) is 0.479. The molecule has 0 aliphatic carbocycles. The average Bonchev–Trinajstić information content (AvgIpc) is 3.10. The third-order valence-corrected chi connectivity index (χ3v) is 5.58. The molecule has 1 aromatic heterocycles. The van der Waals surface area contributed by atoms with E-state index < -0.39 is 17.8 Å². The number of nitrogens with zero attached hydrogens (tertiary/aromatic N) is 2. The standard InChI is InChI=1S/C23H20ClN3O3/c1-3-14(2)26-13-15(18-6-4-5-7-20(18)26)12-19-21(28)25-23(30)27(22(19)29)17-10-8-16(24)9-11-17/h4-14H,3H2,1-2H3,(H,25,28,30)/b19-12+/t14-/m1/s1. The number of hydrogen-bond donors (Lipinski definition) is 1. The first-order valence-electron chi connectivity index (χ1n) is 9.67. The van der Waals surface area contributed by atoms with E-state index >= 15 is 0 Å². The molecule has 0 saturated carbocycles. The summed E-state index contributed by atoms with van der Waals surface area (Å²) in [5.74, 6) is -1.39. The second kappa shape index (κ2) is 7.80. The van der Waals surface area contributed by atoms with E-state index in [1.165, 1.54) is 0 Å². The number of para-hydroxylation sites is 1. The Morgan fingerprint density at radius 1 is 1.07 bits per heavy atom. The van der Waals surface area contributed by atoms with E-state index in [1.54, 1.807) is 30.3 Å². The second-order valence-electron chi connectivity index (χ2n) is 7.20. The minimum absolute atomic E-state index is 0.100. The number of nitrogens with one attached hydrogen (secondary N) is 1. The van der Waals surface area contributed by atoms with Gasteiger partial charge in [-0.1, -0.05) is 36.7 Å². The number of urea groups is 1. The topological polar surface area (TPSA) is 71.4 Å². The summed E-state index contributed by atoms with van der Waals surface area (Å²) < 4.78 is 2.13. The molecule has 1 saturated heterocycles. The van der Waals surface area contributed by atoms with Crippen molar-refractivity contribution in [1.29, 1.82) is 0 Å². The third kappa shape index (κ3) is 3.39. The highest BCUT2D eigenvalue weighted by molar-refractivity contribution is 6.39. The fourth-order valence-electron chi connectivity index (χ4n) is 3.55. The second-order valence-corrected chi connectivity index (χ2v) is 7.64. The van der Waals surface area contributed by atoms with E-state index in [0.717, 1.165) is 27.8 Å². The Morgan fingerprint density at radius 3 is 2.47 bits per heavy atom. The number of carbonyl (C=O) groups excluding carboxylic acids is 3. The lowest BCUT2D eigenvalue weighted by Gasteiger charge is -2.26. The van der Waals surface area contributed by atoms with E-state index in [9.17, 15) is 14.4 Å². The van der Waals surface area contributed by atoms with Gasteiger partial charge in [0.25, 0.3) is 11.8 Å². The van der Waals surface area contributed by atoms with E-state index in [4.69, 9.17) is 11.6 Å². The van der Waals surface area contributed by atoms with Crippen LogP contribution in [0.4, 0.5) is 10.5 Å². The fraction of sp³-hybridized carbons (Fsp3) is 0.174. The highest BCUT2D eigenvalue weighted by Gasteiger charge is 2.37. The maximum absolute atomic E-state index is 13.1. The Morgan fingerprint density at radius 2 is 1.77 bits per heavy atom. The number of carbonyl (C=O) groups is 3. The van der Waals surface area contributed by atoms with Crippen LogP contribution in [-0.4, -0.2) is 22.4 Å². The van der Waals surface area contributed by atoms with Crippen molar-refractivity contribution in [2.24, 2.45) is 0 Å². The average molecular weight is 422 g/mol. The van der Waals surface area contributed by atoms with Crippen molar-refractivity contribution in [2.75, 3.05) is 4.90 Å². The Bertz CT molecular complexity index is 1190. The number of amides is 4. The molecule has 30 heavy (non-hydrogen) atoms. The van der Waals surface area contributed by atoms with Gasteiger partial charge in [-0.05, 0) is 49.8 Å². The molecule has 0 spiro atoms. The van der Waals surface area contributed by atoms with Gasteiger partial charge >= 0.3 is 6.03 Å². The van der Waals surface area contributed by atoms with Crippen LogP contribution in [0, 0.1) is 0 Å². The molecule has 0 unspecified atom stereocenters. The summed E-state index contributed by atoms with van der Waals surface area (Å²) in [7, 11) is 0. The Labute approximate surface area is 178 Å². The van der Waals surface area contributed by atoms with Gasteiger partial charge in [0.2, 0.25) is 0 Å². The number of rotatable bonds is 4. The number of hydrogen-bond acceptors (Lipinski definition) is 3. The number of fused-ring (bicyclic) bond motifs is 1. The largest absolute Gasteiger partial charge is 0.344 e. The number of imide groups is 2. The fourth-order valence-corrected chi connectivity index (χ4v) is 3.67. The zero-order chi connectivity index (χ0) is 21.4. The number of benzene rings is 2.